The summed E-state index contributed by atoms with van der Waals surface area (Å²) in [6.45, 7) is 2.36. The van der Waals surface area contributed by atoms with Gasteiger partial charge in [-0.05, 0) is 12.0 Å². The molecule has 1 aromatic carbocycles. The quantitative estimate of drug-likeness (QED) is 0.822. The maximum Gasteiger partial charge on any atom is 0.346 e. The summed E-state index contributed by atoms with van der Waals surface area (Å²) in [4.78, 5) is 23.4. The van der Waals surface area contributed by atoms with E-state index in [-0.39, 0.29) is 12.2 Å². The van der Waals surface area contributed by atoms with Gasteiger partial charge >= 0.3 is 5.69 Å². The molecule has 6 nitrogen and oxygen atoms in total. The SMILES string of the molecule is CCCCc1nn(CC(N)=O)c(=O)n1Cc1ccccc1. The Morgan fingerprint density at radius 1 is 1.29 bits per heavy atom. The molecule has 6 heteroatoms. The summed E-state index contributed by atoms with van der Waals surface area (Å²) < 4.78 is 2.77. The van der Waals surface area contributed by atoms with Crippen molar-refractivity contribution >= 4 is 5.91 Å². The standard InChI is InChI=1S/C15H20N4O2/c1-2-3-9-14-17-19(11-13(16)20)15(21)18(14)10-12-7-5-4-6-8-12/h4-8H,2-3,9-11H2,1H3,(H2,16,20). The summed E-state index contributed by atoms with van der Waals surface area (Å²) in [7, 11) is 0. The van der Waals surface area contributed by atoms with Gasteiger partial charge in [0.05, 0.1) is 6.54 Å². The molecule has 0 aliphatic carbocycles. The van der Waals surface area contributed by atoms with Gasteiger partial charge in [0.15, 0.2) is 0 Å². The molecule has 0 unspecified atom stereocenters. The summed E-state index contributed by atoms with van der Waals surface area (Å²) in [5.74, 6) is 0.135. The van der Waals surface area contributed by atoms with Gasteiger partial charge in [-0.2, -0.15) is 5.10 Å². The lowest BCUT2D eigenvalue weighted by molar-refractivity contribution is -0.118. The van der Waals surface area contributed by atoms with Gasteiger partial charge in [-0.25, -0.2) is 9.48 Å². The van der Waals surface area contributed by atoms with Crippen molar-refractivity contribution in [1.82, 2.24) is 14.3 Å². The summed E-state index contributed by atoms with van der Waals surface area (Å²) in [6.07, 6.45) is 2.67. The number of hydrogen-bond acceptors (Lipinski definition) is 3. The van der Waals surface area contributed by atoms with Crippen LogP contribution in [0.3, 0.4) is 0 Å². The molecule has 0 aliphatic rings. The van der Waals surface area contributed by atoms with Crippen LogP contribution in [-0.2, 0) is 24.3 Å². The van der Waals surface area contributed by atoms with Crippen LogP contribution in [0.1, 0.15) is 31.2 Å². The first-order valence-corrected chi connectivity index (χ1v) is 7.10. The Morgan fingerprint density at radius 2 is 2.00 bits per heavy atom. The van der Waals surface area contributed by atoms with Crippen molar-refractivity contribution in [3.05, 3.63) is 52.2 Å². The van der Waals surface area contributed by atoms with E-state index in [1.807, 2.05) is 30.3 Å². The molecule has 0 atom stereocenters. The van der Waals surface area contributed by atoms with E-state index in [1.165, 1.54) is 0 Å². The van der Waals surface area contributed by atoms with Crippen molar-refractivity contribution in [2.24, 2.45) is 5.73 Å². The highest BCUT2D eigenvalue weighted by Gasteiger charge is 2.14. The van der Waals surface area contributed by atoms with Crippen molar-refractivity contribution in [2.45, 2.75) is 39.3 Å². The first-order chi connectivity index (χ1) is 10.1. The first kappa shape index (κ1) is 15.0. The van der Waals surface area contributed by atoms with E-state index >= 15 is 0 Å². The molecule has 1 heterocycles. The third-order valence-electron chi connectivity index (χ3n) is 3.24. The molecule has 0 aliphatic heterocycles. The van der Waals surface area contributed by atoms with E-state index in [9.17, 15) is 9.59 Å². The lowest BCUT2D eigenvalue weighted by Crippen LogP contribution is -2.30. The monoisotopic (exact) mass is 288 g/mol. The van der Waals surface area contributed by atoms with E-state index < -0.39 is 5.91 Å². The number of amides is 1. The number of rotatable bonds is 7. The number of carbonyl (C=O) groups excluding carboxylic acids is 1. The molecule has 0 saturated heterocycles. The van der Waals surface area contributed by atoms with Gasteiger partial charge in [-0.3, -0.25) is 9.36 Å². The molecule has 0 saturated carbocycles. The minimum atomic E-state index is -0.566. The van der Waals surface area contributed by atoms with Crippen LogP contribution >= 0.6 is 0 Å². The molecule has 1 aromatic heterocycles. The second-order valence-electron chi connectivity index (χ2n) is 5.00. The number of aryl methyl sites for hydroxylation is 1. The maximum atomic E-state index is 12.3. The van der Waals surface area contributed by atoms with Crippen molar-refractivity contribution in [2.75, 3.05) is 0 Å². The largest absolute Gasteiger partial charge is 0.368 e. The molecule has 2 N–H and O–H groups in total. The lowest BCUT2D eigenvalue weighted by atomic mass is 10.2. The van der Waals surface area contributed by atoms with Gasteiger partial charge in [0, 0.05) is 6.42 Å². The van der Waals surface area contributed by atoms with Gasteiger partial charge in [0.2, 0.25) is 5.91 Å². The Labute approximate surface area is 123 Å². The third kappa shape index (κ3) is 3.81. The maximum absolute atomic E-state index is 12.3. The fraction of sp³-hybridized carbons (Fsp3) is 0.400. The van der Waals surface area contributed by atoms with Gasteiger partial charge in [0.1, 0.15) is 12.4 Å². The van der Waals surface area contributed by atoms with Crippen LogP contribution in [0.15, 0.2) is 35.1 Å². The number of benzene rings is 1. The van der Waals surface area contributed by atoms with Crippen LogP contribution in [0.2, 0.25) is 0 Å². The van der Waals surface area contributed by atoms with Crippen LogP contribution in [0, 0.1) is 0 Å². The zero-order valence-corrected chi connectivity index (χ0v) is 12.2. The Morgan fingerprint density at radius 3 is 2.62 bits per heavy atom. The summed E-state index contributed by atoms with van der Waals surface area (Å²) >= 11 is 0. The molecule has 0 bridgehead atoms. The Hall–Kier alpha value is -2.37. The molecule has 112 valence electrons. The predicted molar refractivity (Wildman–Crippen MR) is 79.8 cm³/mol. The number of carbonyl (C=O) groups is 1. The fourth-order valence-electron chi connectivity index (χ4n) is 2.18. The van der Waals surface area contributed by atoms with E-state index in [2.05, 4.69) is 12.0 Å². The fourth-order valence-corrected chi connectivity index (χ4v) is 2.18. The summed E-state index contributed by atoms with van der Waals surface area (Å²) in [6, 6.07) is 9.71. The zero-order valence-electron chi connectivity index (χ0n) is 12.2. The lowest BCUT2D eigenvalue weighted by Gasteiger charge is -2.05. The molecule has 0 radical (unpaired) electrons. The smallest absolute Gasteiger partial charge is 0.346 e. The molecule has 0 fully saturated rings. The topological polar surface area (TPSA) is 82.9 Å². The van der Waals surface area contributed by atoms with Crippen molar-refractivity contribution < 1.29 is 4.79 Å². The van der Waals surface area contributed by atoms with E-state index in [0.29, 0.717) is 18.8 Å². The molecule has 0 spiro atoms. The number of primary amides is 1. The highest BCUT2D eigenvalue weighted by molar-refractivity contribution is 5.73. The van der Waals surface area contributed by atoms with Gasteiger partial charge in [-0.15, -0.1) is 0 Å². The molecule has 21 heavy (non-hydrogen) atoms. The van der Waals surface area contributed by atoms with Crippen LogP contribution in [0.25, 0.3) is 0 Å². The Kier molecular flexibility index (Phi) is 4.92. The highest BCUT2D eigenvalue weighted by Crippen LogP contribution is 2.06. The van der Waals surface area contributed by atoms with Crippen LogP contribution in [0.5, 0.6) is 0 Å². The Balaban J connectivity index is 2.34. The number of nitrogens with zero attached hydrogens (tertiary/aromatic N) is 3. The van der Waals surface area contributed by atoms with E-state index in [0.717, 1.165) is 23.1 Å². The van der Waals surface area contributed by atoms with Crippen LogP contribution in [0.4, 0.5) is 0 Å². The van der Waals surface area contributed by atoms with Crippen molar-refractivity contribution in [3.8, 4) is 0 Å². The highest BCUT2D eigenvalue weighted by atomic mass is 16.2. The second-order valence-corrected chi connectivity index (χ2v) is 5.00. The normalized spacial score (nSPS) is 10.7. The molecular formula is C15H20N4O2. The summed E-state index contributed by atoms with van der Waals surface area (Å²) in [5.41, 5.74) is 5.89. The van der Waals surface area contributed by atoms with E-state index in [1.54, 1.807) is 4.57 Å². The number of hydrogen-bond donors (Lipinski definition) is 1. The van der Waals surface area contributed by atoms with Crippen LogP contribution < -0.4 is 11.4 Å². The molecule has 2 rings (SSSR count). The minimum Gasteiger partial charge on any atom is -0.368 e. The minimum absolute atomic E-state index is 0.181. The van der Waals surface area contributed by atoms with Gasteiger partial charge in [-0.1, -0.05) is 43.7 Å². The predicted octanol–water partition coefficient (Wildman–Crippen LogP) is 0.921. The van der Waals surface area contributed by atoms with Gasteiger partial charge < -0.3 is 5.73 Å². The first-order valence-electron chi connectivity index (χ1n) is 7.10. The Bertz CT molecular complexity index is 658. The van der Waals surface area contributed by atoms with E-state index in [4.69, 9.17) is 5.73 Å². The average Bonchev–Trinajstić information content (AvgIpc) is 2.74. The average molecular weight is 288 g/mol. The van der Waals surface area contributed by atoms with Crippen LogP contribution in [-0.4, -0.2) is 20.3 Å². The molecule has 1 amide bonds. The summed E-state index contributed by atoms with van der Waals surface area (Å²) in [5, 5.41) is 4.25. The van der Waals surface area contributed by atoms with Crippen molar-refractivity contribution in [1.29, 1.82) is 0 Å². The third-order valence-corrected chi connectivity index (χ3v) is 3.24. The van der Waals surface area contributed by atoms with Crippen molar-refractivity contribution in [3.63, 3.8) is 0 Å². The molecule has 2 aromatic rings. The second kappa shape index (κ2) is 6.88. The molecular weight excluding hydrogens is 268 g/mol. The zero-order chi connectivity index (χ0) is 15.2. The number of aromatic nitrogens is 3. The van der Waals surface area contributed by atoms with Gasteiger partial charge in [0.25, 0.3) is 0 Å². The number of nitrogens with two attached hydrogens (primary N) is 1. The number of unbranched alkanes of at least 4 members (excludes halogenated alkanes) is 1.